The summed E-state index contributed by atoms with van der Waals surface area (Å²) in [6.07, 6.45) is 2.84. The third-order valence-corrected chi connectivity index (χ3v) is 5.77. The molecule has 1 aromatic heterocycles. The van der Waals surface area contributed by atoms with Crippen molar-refractivity contribution in [2.75, 3.05) is 20.2 Å². The lowest BCUT2D eigenvalue weighted by Crippen LogP contribution is -2.42. The van der Waals surface area contributed by atoms with E-state index in [2.05, 4.69) is 10.3 Å². The first kappa shape index (κ1) is 23.2. The summed E-state index contributed by atoms with van der Waals surface area (Å²) in [5, 5.41) is 2.95. The number of halogens is 1. The zero-order valence-electron chi connectivity index (χ0n) is 18.9. The maximum Gasteiger partial charge on any atom is 0.253 e. The van der Waals surface area contributed by atoms with Gasteiger partial charge in [-0.05, 0) is 54.8 Å². The second-order valence-electron chi connectivity index (χ2n) is 8.08. The molecule has 0 saturated carbocycles. The molecule has 1 aliphatic heterocycles. The zero-order valence-corrected chi connectivity index (χ0v) is 18.9. The molecule has 1 aliphatic rings. The molecule has 2 heterocycles. The Labute approximate surface area is 197 Å². The number of carbonyl (C=O) groups is 2. The third-order valence-electron chi connectivity index (χ3n) is 5.77. The summed E-state index contributed by atoms with van der Waals surface area (Å²) >= 11 is 0. The van der Waals surface area contributed by atoms with E-state index in [0.717, 1.165) is 5.56 Å². The molecule has 0 atom stereocenters. The van der Waals surface area contributed by atoms with E-state index >= 15 is 0 Å². The molecule has 3 aromatic rings. The fourth-order valence-electron chi connectivity index (χ4n) is 3.81. The Balaban J connectivity index is 1.23. The van der Waals surface area contributed by atoms with Gasteiger partial charge in [0.1, 0.15) is 17.3 Å². The number of ether oxygens (including phenoxy) is 2. The van der Waals surface area contributed by atoms with E-state index in [4.69, 9.17) is 9.47 Å². The standard InChI is InChI=1S/C26H26FN3O4/c1-33-22-3-2-4-23(15-22)34-24-10-5-18(16-28-24)17-29-25(31)19-11-13-30(14-12-19)26(32)20-6-8-21(27)9-7-20/h2-10,15-16,19H,11-14,17H2,1H3,(H,29,31). The third kappa shape index (κ3) is 5.89. The smallest absolute Gasteiger partial charge is 0.253 e. The van der Waals surface area contributed by atoms with Crippen LogP contribution in [0.2, 0.25) is 0 Å². The number of methoxy groups -OCH3 is 1. The van der Waals surface area contributed by atoms with Gasteiger partial charge in [-0.3, -0.25) is 9.59 Å². The summed E-state index contributed by atoms with van der Waals surface area (Å²) in [6, 6.07) is 16.4. The van der Waals surface area contributed by atoms with Gasteiger partial charge in [0.15, 0.2) is 0 Å². The normalized spacial score (nSPS) is 13.9. The molecular formula is C26H26FN3O4. The van der Waals surface area contributed by atoms with E-state index in [1.54, 1.807) is 30.3 Å². The highest BCUT2D eigenvalue weighted by atomic mass is 19.1. The van der Waals surface area contributed by atoms with Crippen LogP contribution in [0.15, 0.2) is 66.9 Å². The largest absolute Gasteiger partial charge is 0.497 e. The van der Waals surface area contributed by atoms with Gasteiger partial charge in [-0.1, -0.05) is 12.1 Å². The van der Waals surface area contributed by atoms with E-state index in [0.29, 0.717) is 55.4 Å². The van der Waals surface area contributed by atoms with Crippen LogP contribution in [0.25, 0.3) is 0 Å². The summed E-state index contributed by atoms with van der Waals surface area (Å²) in [5.41, 5.74) is 1.31. The molecule has 0 bridgehead atoms. The molecule has 1 saturated heterocycles. The maximum atomic E-state index is 13.1. The van der Waals surface area contributed by atoms with Crippen LogP contribution >= 0.6 is 0 Å². The minimum Gasteiger partial charge on any atom is -0.497 e. The summed E-state index contributed by atoms with van der Waals surface area (Å²) in [4.78, 5) is 31.2. The highest BCUT2D eigenvalue weighted by molar-refractivity contribution is 5.94. The Morgan fingerprint density at radius 3 is 2.47 bits per heavy atom. The number of aromatic nitrogens is 1. The number of hydrogen-bond donors (Lipinski definition) is 1. The molecule has 7 nitrogen and oxygen atoms in total. The average Bonchev–Trinajstić information content (AvgIpc) is 2.88. The lowest BCUT2D eigenvalue weighted by atomic mass is 9.95. The SMILES string of the molecule is COc1cccc(Oc2ccc(CNC(=O)C3CCN(C(=O)c4ccc(F)cc4)CC3)cn2)c1. The van der Waals surface area contributed by atoms with Gasteiger partial charge >= 0.3 is 0 Å². The van der Waals surface area contributed by atoms with Gasteiger partial charge in [0, 0.05) is 49.4 Å². The fraction of sp³-hybridized carbons (Fsp3) is 0.269. The van der Waals surface area contributed by atoms with Crippen LogP contribution in [0.5, 0.6) is 17.4 Å². The van der Waals surface area contributed by atoms with Crippen LogP contribution in [-0.4, -0.2) is 41.9 Å². The molecule has 1 N–H and O–H groups in total. The monoisotopic (exact) mass is 463 g/mol. The highest BCUT2D eigenvalue weighted by Crippen LogP contribution is 2.24. The molecule has 2 aromatic carbocycles. The number of benzene rings is 2. The van der Waals surface area contributed by atoms with E-state index in [1.807, 2.05) is 24.3 Å². The average molecular weight is 464 g/mol. The topological polar surface area (TPSA) is 80.8 Å². The van der Waals surface area contributed by atoms with Gasteiger partial charge in [0.2, 0.25) is 11.8 Å². The van der Waals surface area contributed by atoms with E-state index in [9.17, 15) is 14.0 Å². The van der Waals surface area contributed by atoms with Crippen molar-refractivity contribution in [2.45, 2.75) is 19.4 Å². The summed E-state index contributed by atoms with van der Waals surface area (Å²) in [6.45, 7) is 1.35. The van der Waals surface area contributed by atoms with Gasteiger partial charge in [0.25, 0.3) is 5.91 Å². The Morgan fingerprint density at radius 2 is 1.79 bits per heavy atom. The molecule has 2 amide bonds. The Bertz CT molecular complexity index is 1130. The summed E-state index contributed by atoms with van der Waals surface area (Å²) in [5.74, 6) is 1.06. The minimum absolute atomic E-state index is 0.0365. The second-order valence-corrected chi connectivity index (χ2v) is 8.08. The van der Waals surface area contributed by atoms with Crippen molar-refractivity contribution in [1.82, 2.24) is 15.2 Å². The number of pyridine rings is 1. The Hall–Kier alpha value is -3.94. The van der Waals surface area contributed by atoms with Crippen molar-refractivity contribution in [2.24, 2.45) is 5.92 Å². The van der Waals surface area contributed by atoms with Crippen molar-refractivity contribution >= 4 is 11.8 Å². The predicted molar refractivity (Wildman–Crippen MR) is 124 cm³/mol. The fourth-order valence-corrected chi connectivity index (χ4v) is 3.81. The van der Waals surface area contributed by atoms with Gasteiger partial charge in [-0.2, -0.15) is 0 Å². The first-order chi connectivity index (χ1) is 16.5. The Morgan fingerprint density at radius 1 is 1.06 bits per heavy atom. The second kappa shape index (κ2) is 10.8. The van der Waals surface area contributed by atoms with Crippen molar-refractivity contribution < 1.29 is 23.5 Å². The van der Waals surface area contributed by atoms with Crippen molar-refractivity contribution in [3.8, 4) is 17.4 Å². The van der Waals surface area contributed by atoms with E-state index < -0.39 is 0 Å². The number of piperidine rings is 1. The Kier molecular flexibility index (Phi) is 7.37. The van der Waals surface area contributed by atoms with Crippen LogP contribution in [0, 0.1) is 11.7 Å². The van der Waals surface area contributed by atoms with Crippen molar-refractivity contribution in [1.29, 1.82) is 0 Å². The summed E-state index contributed by atoms with van der Waals surface area (Å²) in [7, 11) is 1.59. The number of amides is 2. The quantitative estimate of drug-likeness (QED) is 0.568. The molecule has 0 aliphatic carbocycles. The van der Waals surface area contributed by atoms with Crippen LogP contribution in [0.4, 0.5) is 4.39 Å². The molecule has 4 rings (SSSR count). The van der Waals surface area contributed by atoms with Gasteiger partial charge < -0.3 is 19.7 Å². The number of hydrogen-bond acceptors (Lipinski definition) is 5. The lowest BCUT2D eigenvalue weighted by Gasteiger charge is -2.31. The molecular weight excluding hydrogens is 437 g/mol. The zero-order chi connectivity index (χ0) is 23.9. The molecule has 0 radical (unpaired) electrons. The van der Waals surface area contributed by atoms with Crippen molar-refractivity contribution in [3.05, 3.63) is 83.8 Å². The highest BCUT2D eigenvalue weighted by Gasteiger charge is 2.27. The molecule has 34 heavy (non-hydrogen) atoms. The van der Waals surface area contributed by atoms with Crippen molar-refractivity contribution in [3.63, 3.8) is 0 Å². The molecule has 0 spiro atoms. The molecule has 1 fully saturated rings. The van der Waals surface area contributed by atoms with Gasteiger partial charge in [0.05, 0.1) is 7.11 Å². The number of nitrogens with zero attached hydrogens (tertiary/aromatic N) is 2. The first-order valence-corrected chi connectivity index (χ1v) is 11.1. The van der Waals surface area contributed by atoms with Gasteiger partial charge in [-0.25, -0.2) is 9.37 Å². The van der Waals surface area contributed by atoms with Crippen LogP contribution < -0.4 is 14.8 Å². The van der Waals surface area contributed by atoms with Crippen LogP contribution in [-0.2, 0) is 11.3 Å². The van der Waals surface area contributed by atoms with Crippen LogP contribution in [0.1, 0.15) is 28.8 Å². The number of rotatable bonds is 7. The van der Waals surface area contributed by atoms with Crippen LogP contribution in [0.3, 0.4) is 0 Å². The number of likely N-dealkylation sites (tertiary alicyclic amines) is 1. The number of carbonyl (C=O) groups excluding carboxylic acids is 2. The van der Waals surface area contributed by atoms with Gasteiger partial charge in [-0.15, -0.1) is 0 Å². The first-order valence-electron chi connectivity index (χ1n) is 11.1. The van der Waals surface area contributed by atoms with E-state index in [1.165, 1.54) is 24.3 Å². The molecule has 0 unspecified atom stereocenters. The number of nitrogens with one attached hydrogen (secondary N) is 1. The minimum atomic E-state index is -0.374. The predicted octanol–water partition coefficient (Wildman–Crippen LogP) is 4.19. The van der Waals surface area contributed by atoms with E-state index in [-0.39, 0.29) is 23.5 Å². The summed E-state index contributed by atoms with van der Waals surface area (Å²) < 4.78 is 24.0. The lowest BCUT2D eigenvalue weighted by molar-refractivity contribution is -0.126. The molecule has 8 heteroatoms. The molecule has 176 valence electrons. The maximum absolute atomic E-state index is 13.1.